The molecule has 3 aromatic carbocycles. The highest BCUT2D eigenvalue weighted by Gasteiger charge is 2.70. The van der Waals surface area contributed by atoms with Crippen LogP contribution in [-0.4, -0.2) is 43.1 Å². The van der Waals surface area contributed by atoms with Gasteiger partial charge in [-0.2, -0.15) is 0 Å². The van der Waals surface area contributed by atoms with Crippen molar-refractivity contribution in [1.29, 1.82) is 0 Å². The third-order valence-corrected chi connectivity index (χ3v) is 12.4. The van der Waals surface area contributed by atoms with E-state index in [1.54, 1.807) is 31.2 Å². The zero-order valence-electron chi connectivity index (χ0n) is 20.4. The Labute approximate surface area is 269 Å². The highest BCUT2D eigenvalue weighted by molar-refractivity contribution is 14.1. The molecule has 0 amide bonds. The molecule has 1 saturated heterocycles. The van der Waals surface area contributed by atoms with Gasteiger partial charge in [0.05, 0.1) is 22.3 Å². The summed E-state index contributed by atoms with van der Waals surface area (Å²) in [6, 6.07) is 11.1. The first-order chi connectivity index (χ1) is 18.9. The van der Waals surface area contributed by atoms with Crippen LogP contribution in [0.2, 0.25) is 0 Å². The molecule has 3 aliphatic rings. The molecular weight excluding hydrogens is 881 g/mol. The molecule has 2 bridgehead atoms. The van der Waals surface area contributed by atoms with Crippen molar-refractivity contribution in [2.75, 3.05) is 0 Å². The van der Waals surface area contributed by atoms with Crippen LogP contribution in [-0.2, 0) is 29.2 Å². The number of esters is 3. The molecule has 6 atom stereocenters. The van der Waals surface area contributed by atoms with E-state index in [4.69, 9.17) is 14.2 Å². The first kappa shape index (κ1) is 28.5. The Balaban J connectivity index is 1.32. The molecule has 208 valence electrons. The summed E-state index contributed by atoms with van der Waals surface area (Å²) in [7, 11) is -4.79. The number of carbonyl (C=O) groups is 3. The molecule has 6 unspecified atom stereocenters. The molecule has 0 spiro atoms. The number of carbonyl (C=O) groups excluding carboxylic acids is 3. The lowest BCUT2D eigenvalue weighted by molar-refractivity contribution is -0.149. The van der Waals surface area contributed by atoms with E-state index in [0.717, 1.165) is 10.7 Å². The molecule has 1 heterocycles. The molecule has 13 heteroatoms. The van der Waals surface area contributed by atoms with Gasteiger partial charge in [0.1, 0.15) is 28.1 Å². The van der Waals surface area contributed by atoms with Gasteiger partial charge in [-0.05, 0) is 105 Å². The minimum Gasteiger partial charge on any atom is -0.744 e. The van der Waals surface area contributed by atoms with E-state index in [0.29, 0.717) is 12.0 Å². The second kappa shape index (κ2) is 10.3. The number of fused-ring (bicyclic) bond motifs is 2. The van der Waals surface area contributed by atoms with E-state index in [9.17, 15) is 27.4 Å². The van der Waals surface area contributed by atoms with Gasteiger partial charge in [-0.1, -0.05) is 24.3 Å². The van der Waals surface area contributed by atoms with E-state index in [1.165, 1.54) is 12.1 Å². The SMILES string of the molecule is Cc1cc(S(=O)(=O)[O-])c2ccccc2c1OC(=O)C1C2CC3C(OC(=O)C31)C2OC(=O)c1cc(I)cc(I)c1I. The monoisotopic (exact) mass is 899 g/mol. The number of ether oxygens (including phenoxy) is 3. The summed E-state index contributed by atoms with van der Waals surface area (Å²) >= 11 is 6.36. The summed E-state index contributed by atoms with van der Waals surface area (Å²) in [5.74, 6) is -4.07. The number of hydrogen-bond donors (Lipinski definition) is 0. The highest BCUT2D eigenvalue weighted by Crippen LogP contribution is 2.59. The minimum absolute atomic E-state index is 0.107. The molecule has 40 heavy (non-hydrogen) atoms. The van der Waals surface area contributed by atoms with Gasteiger partial charge in [0.2, 0.25) is 0 Å². The standard InChI is InChI=1S/C27H19I3O9S/c1-10-6-18(40(34,35)36)12-4-2-3-5-13(12)22(10)37-26(32)19-14-9-15-20(19)27(33)39-24(15)23(14)38-25(31)16-7-11(28)8-17(29)21(16)30/h2-8,14-15,19-20,23-24H,9H2,1H3,(H,34,35,36)/p-1. The lowest BCUT2D eigenvalue weighted by Gasteiger charge is -2.30. The molecule has 9 nitrogen and oxygen atoms in total. The third kappa shape index (κ3) is 4.63. The summed E-state index contributed by atoms with van der Waals surface area (Å²) in [6.45, 7) is 1.54. The topological polar surface area (TPSA) is 136 Å². The van der Waals surface area contributed by atoms with Crippen LogP contribution in [0.1, 0.15) is 22.3 Å². The average Bonchev–Trinajstić information content (AvgIpc) is 3.51. The summed E-state index contributed by atoms with van der Waals surface area (Å²) in [5, 5.41) is 0.416. The van der Waals surface area contributed by atoms with Crippen LogP contribution < -0.4 is 4.74 Å². The van der Waals surface area contributed by atoms with Crippen molar-refractivity contribution in [2.24, 2.45) is 23.7 Å². The molecule has 6 rings (SSSR count). The van der Waals surface area contributed by atoms with E-state index < -0.39 is 62.9 Å². The van der Waals surface area contributed by atoms with Crippen LogP contribution in [0.5, 0.6) is 5.75 Å². The van der Waals surface area contributed by atoms with Gasteiger partial charge in [0.15, 0.2) is 0 Å². The molecule has 1 aliphatic heterocycles. The Morgan fingerprint density at radius 1 is 1.05 bits per heavy atom. The van der Waals surface area contributed by atoms with Crippen LogP contribution in [0.3, 0.4) is 0 Å². The Bertz CT molecular complexity index is 1740. The molecule has 2 aliphatic carbocycles. The zero-order valence-corrected chi connectivity index (χ0v) is 27.7. The van der Waals surface area contributed by atoms with E-state index in [1.807, 2.05) is 6.07 Å². The van der Waals surface area contributed by atoms with Gasteiger partial charge in [-0.25, -0.2) is 13.2 Å². The lowest BCUT2D eigenvalue weighted by Crippen LogP contribution is -2.44. The van der Waals surface area contributed by atoms with Gasteiger partial charge in [0.25, 0.3) is 0 Å². The summed E-state index contributed by atoms with van der Waals surface area (Å²) < 4.78 is 55.6. The fraction of sp³-hybridized carbons (Fsp3) is 0.296. The van der Waals surface area contributed by atoms with Crippen LogP contribution >= 0.6 is 67.8 Å². The molecule has 0 radical (unpaired) electrons. The highest BCUT2D eigenvalue weighted by atomic mass is 127. The predicted molar refractivity (Wildman–Crippen MR) is 165 cm³/mol. The van der Waals surface area contributed by atoms with Crippen molar-refractivity contribution >= 4 is 107 Å². The number of hydrogen-bond acceptors (Lipinski definition) is 9. The fourth-order valence-corrected chi connectivity index (χ4v) is 9.46. The maximum absolute atomic E-state index is 13.7. The predicted octanol–water partition coefficient (Wildman–Crippen LogP) is 4.80. The van der Waals surface area contributed by atoms with Crippen molar-refractivity contribution in [3.05, 3.63) is 64.3 Å². The zero-order chi connectivity index (χ0) is 28.7. The van der Waals surface area contributed by atoms with E-state index in [2.05, 4.69) is 67.8 Å². The first-order valence-corrected chi connectivity index (χ1v) is 16.8. The summed E-state index contributed by atoms with van der Waals surface area (Å²) in [5.41, 5.74) is 0.678. The van der Waals surface area contributed by atoms with Crippen molar-refractivity contribution < 1.29 is 41.6 Å². The quantitative estimate of drug-likeness (QED) is 0.116. The van der Waals surface area contributed by atoms with Gasteiger partial charge in [-0.15, -0.1) is 0 Å². The van der Waals surface area contributed by atoms with Crippen molar-refractivity contribution in [3.63, 3.8) is 0 Å². The number of rotatable bonds is 5. The van der Waals surface area contributed by atoms with Crippen LogP contribution in [0.15, 0.2) is 47.4 Å². The lowest BCUT2D eigenvalue weighted by atomic mass is 9.78. The number of halogens is 3. The molecule has 2 saturated carbocycles. The van der Waals surface area contributed by atoms with Gasteiger partial charge >= 0.3 is 17.9 Å². The average molecular weight is 899 g/mol. The fourth-order valence-electron chi connectivity index (χ4n) is 6.32. The first-order valence-electron chi connectivity index (χ1n) is 12.1. The van der Waals surface area contributed by atoms with E-state index in [-0.39, 0.29) is 28.0 Å². The normalized spacial score (nSPS) is 26.7. The number of benzene rings is 3. The Hall–Kier alpha value is -1.57. The molecular formula is C27H18I3O9S-. The summed E-state index contributed by atoms with van der Waals surface area (Å²) in [4.78, 5) is 39.4. The van der Waals surface area contributed by atoms with Crippen molar-refractivity contribution in [1.82, 2.24) is 0 Å². The second-order valence-corrected chi connectivity index (χ2v) is 14.9. The smallest absolute Gasteiger partial charge is 0.339 e. The maximum atomic E-state index is 13.7. The molecule has 3 aromatic rings. The van der Waals surface area contributed by atoms with Gasteiger partial charge < -0.3 is 18.8 Å². The third-order valence-electron chi connectivity index (χ3n) is 7.89. The van der Waals surface area contributed by atoms with Crippen LogP contribution in [0.4, 0.5) is 0 Å². The Morgan fingerprint density at radius 2 is 1.75 bits per heavy atom. The molecule has 0 N–H and O–H groups in total. The molecule has 0 aromatic heterocycles. The largest absolute Gasteiger partial charge is 0.744 e. The Morgan fingerprint density at radius 3 is 2.45 bits per heavy atom. The number of aryl methyl sites for hydroxylation is 1. The summed E-state index contributed by atoms with van der Waals surface area (Å²) in [6.07, 6.45) is -0.971. The van der Waals surface area contributed by atoms with Crippen molar-refractivity contribution in [3.8, 4) is 5.75 Å². The molecule has 3 fully saturated rings. The minimum atomic E-state index is -4.79. The van der Waals surface area contributed by atoms with Crippen LogP contribution in [0.25, 0.3) is 10.8 Å². The maximum Gasteiger partial charge on any atom is 0.339 e. The van der Waals surface area contributed by atoms with Crippen molar-refractivity contribution in [2.45, 2.75) is 30.4 Å². The second-order valence-electron chi connectivity index (χ2n) is 10.1. The van der Waals surface area contributed by atoms with Gasteiger partial charge in [0, 0.05) is 33.3 Å². The Kier molecular flexibility index (Phi) is 7.35. The van der Waals surface area contributed by atoms with Crippen LogP contribution in [0, 0.1) is 41.3 Å². The van der Waals surface area contributed by atoms with Gasteiger partial charge in [-0.3, -0.25) is 9.59 Å². The van der Waals surface area contributed by atoms with E-state index >= 15 is 0 Å².